The molecule has 88 valence electrons. The van der Waals surface area contributed by atoms with Gasteiger partial charge in [0.1, 0.15) is 0 Å². The summed E-state index contributed by atoms with van der Waals surface area (Å²) in [5, 5.41) is 3.22. The normalized spacial score (nSPS) is 12.1. The van der Waals surface area contributed by atoms with E-state index in [1.807, 2.05) is 6.26 Å². The number of hydrogen-bond donors (Lipinski definition) is 3. The van der Waals surface area contributed by atoms with Gasteiger partial charge in [-0.3, -0.25) is 4.79 Å². The lowest BCUT2D eigenvalue weighted by Crippen LogP contribution is -2.29. The highest BCUT2D eigenvalue weighted by atomic mass is 32.2. The molecule has 4 nitrogen and oxygen atoms in total. The zero-order chi connectivity index (χ0) is 12.1. The molecule has 0 spiro atoms. The predicted octanol–water partition coefficient (Wildman–Crippen LogP) is 1.33. The summed E-state index contributed by atoms with van der Waals surface area (Å²) in [6, 6.07) is 4.90. The Balaban J connectivity index is 2.66. The summed E-state index contributed by atoms with van der Waals surface area (Å²) in [6.45, 7) is 2.68. The number of nitrogen functional groups attached to an aromatic ring is 2. The molecular formula is C11H17N3OS. The van der Waals surface area contributed by atoms with Gasteiger partial charge in [-0.15, -0.1) is 0 Å². The number of rotatable bonds is 4. The number of thioether (sulfide) groups is 1. The Kier molecular flexibility index (Phi) is 4.49. The maximum atomic E-state index is 11.8. The Labute approximate surface area is 99.8 Å². The molecule has 1 aromatic rings. The zero-order valence-electron chi connectivity index (χ0n) is 9.49. The molecule has 1 rings (SSSR count). The third-order valence-electron chi connectivity index (χ3n) is 2.27. The van der Waals surface area contributed by atoms with Crippen LogP contribution >= 0.6 is 11.8 Å². The molecule has 1 atom stereocenters. The van der Waals surface area contributed by atoms with Crippen LogP contribution in [0.25, 0.3) is 0 Å². The van der Waals surface area contributed by atoms with Crippen LogP contribution in [0.2, 0.25) is 0 Å². The van der Waals surface area contributed by atoms with Gasteiger partial charge in [0.2, 0.25) is 0 Å². The van der Waals surface area contributed by atoms with E-state index in [4.69, 9.17) is 11.5 Å². The van der Waals surface area contributed by atoms with E-state index < -0.39 is 0 Å². The minimum absolute atomic E-state index is 0.154. The van der Waals surface area contributed by atoms with Gasteiger partial charge in [0, 0.05) is 23.2 Å². The summed E-state index contributed by atoms with van der Waals surface area (Å²) in [5.41, 5.74) is 12.7. The van der Waals surface area contributed by atoms with E-state index in [1.165, 1.54) is 0 Å². The Hall–Kier alpha value is -1.36. The molecule has 1 unspecified atom stereocenters. The molecule has 0 aromatic heterocycles. The second kappa shape index (κ2) is 5.65. The molecule has 5 heteroatoms. The van der Waals surface area contributed by atoms with Crippen molar-refractivity contribution in [3.63, 3.8) is 0 Å². The van der Waals surface area contributed by atoms with Crippen LogP contribution in [0.15, 0.2) is 18.2 Å². The topological polar surface area (TPSA) is 81.1 Å². The molecule has 0 fully saturated rings. The molecule has 5 N–H and O–H groups in total. The molecule has 16 heavy (non-hydrogen) atoms. The van der Waals surface area contributed by atoms with Crippen LogP contribution in [-0.2, 0) is 0 Å². The van der Waals surface area contributed by atoms with Crippen molar-refractivity contribution in [2.45, 2.75) is 12.2 Å². The number of hydrogen-bond acceptors (Lipinski definition) is 4. The Morgan fingerprint density at radius 3 is 2.75 bits per heavy atom. The van der Waals surface area contributed by atoms with Gasteiger partial charge in [-0.2, -0.15) is 11.8 Å². The van der Waals surface area contributed by atoms with Gasteiger partial charge in [0.05, 0.1) is 5.56 Å². The summed E-state index contributed by atoms with van der Waals surface area (Å²) >= 11 is 1.70. The van der Waals surface area contributed by atoms with Crippen LogP contribution in [0.1, 0.15) is 17.3 Å². The average Bonchev–Trinajstić information content (AvgIpc) is 2.25. The fourth-order valence-corrected chi connectivity index (χ4v) is 1.45. The first kappa shape index (κ1) is 12.7. The van der Waals surface area contributed by atoms with Crippen LogP contribution in [0.3, 0.4) is 0 Å². The first-order valence-electron chi connectivity index (χ1n) is 5.00. The summed E-state index contributed by atoms with van der Waals surface area (Å²) in [4.78, 5) is 11.8. The molecule has 0 aliphatic rings. The molecule has 1 amide bonds. The van der Waals surface area contributed by atoms with E-state index in [2.05, 4.69) is 12.2 Å². The van der Waals surface area contributed by atoms with Gasteiger partial charge < -0.3 is 16.8 Å². The van der Waals surface area contributed by atoms with Crippen molar-refractivity contribution < 1.29 is 4.79 Å². The van der Waals surface area contributed by atoms with Crippen molar-refractivity contribution in [2.24, 2.45) is 0 Å². The second-order valence-corrected chi connectivity index (χ2v) is 4.88. The van der Waals surface area contributed by atoms with E-state index in [0.717, 1.165) is 0 Å². The Morgan fingerprint density at radius 2 is 2.19 bits per heavy atom. The van der Waals surface area contributed by atoms with Crippen LogP contribution in [0, 0.1) is 0 Å². The largest absolute Gasteiger partial charge is 0.399 e. The third-order valence-corrected chi connectivity index (χ3v) is 3.24. The second-order valence-electron chi connectivity index (χ2n) is 3.60. The van der Waals surface area contributed by atoms with E-state index in [1.54, 1.807) is 30.0 Å². The molecule has 0 saturated carbocycles. The van der Waals surface area contributed by atoms with Gasteiger partial charge >= 0.3 is 0 Å². The molecule has 1 aromatic carbocycles. The lowest BCUT2D eigenvalue weighted by molar-refractivity contribution is 0.0955. The van der Waals surface area contributed by atoms with Crippen LogP contribution in [-0.4, -0.2) is 24.0 Å². The van der Waals surface area contributed by atoms with Crippen LogP contribution in [0.4, 0.5) is 11.4 Å². The monoisotopic (exact) mass is 239 g/mol. The van der Waals surface area contributed by atoms with Crippen molar-refractivity contribution in [3.05, 3.63) is 23.8 Å². The Morgan fingerprint density at radius 1 is 1.50 bits per heavy atom. The molecule has 0 aliphatic heterocycles. The van der Waals surface area contributed by atoms with Crippen LogP contribution < -0.4 is 16.8 Å². The molecule has 0 heterocycles. The maximum Gasteiger partial charge on any atom is 0.253 e. The number of nitrogens with two attached hydrogens (primary N) is 2. The number of nitrogens with one attached hydrogen (secondary N) is 1. The van der Waals surface area contributed by atoms with E-state index in [-0.39, 0.29) is 5.91 Å². The highest BCUT2D eigenvalue weighted by molar-refractivity contribution is 7.99. The number of benzene rings is 1. The van der Waals surface area contributed by atoms with Gasteiger partial charge in [0.15, 0.2) is 0 Å². The van der Waals surface area contributed by atoms with Gasteiger partial charge in [-0.25, -0.2) is 0 Å². The zero-order valence-corrected chi connectivity index (χ0v) is 10.3. The third kappa shape index (κ3) is 3.34. The van der Waals surface area contributed by atoms with Crippen LogP contribution in [0.5, 0.6) is 0 Å². The molecule has 0 bridgehead atoms. The first-order valence-corrected chi connectivity index (χ1v) is 6.29. The van der Waals surface area contributed by atoms with Crippen molar-refractivity contribution in [1.82, 2.24) is 5.32 Å². The fraction of sp³-hybridized carbons (Fsp3) is 0.364. The van der Waals surface area contributed by atoms with Gasteiger partial charge in [-0.1, -0.05) is 6.92 Å². The van der Waals surface area contributed by atoms with E-state index in [0.29, 0.717) is 28.7 Å². The lowest BCUT2D eigenvalue weighted by atomic mass is 10.1. The quantitative estimate of drug-likeness (QED) is 0.692. The molecule has 0 radical (unpaired) electrons. The average molecular weight is 239 g/mol. The van der Waals surface area contributed by atoms with Crippen molar-refractivity contribution in [3.8, 4) is 0 Å². The fourth-order valence-electron chi connectivity index (χ4n) is 1.20. The number of anilines is 2. The minimum Gasteiger partial charge on any atom is -0.399 e. The minimum atomic E-state index is -0.154. The highest BCUT2D eigenvalue weighted by Crippen LogP contribution is 2.15. The van der Waals surface area contributed by atoms with Crippen molar-refractivity contribution in [2.75, 3.05) is 24.3 Å². The molecule has 0 saturated heterocycles. The number of carbonyl (C=O) groups excluding carboxylic acids is 1. The lowest BCUT2D eigenvalue weighted by Gasteiger charge is -2.11. The van der Waals surface area contributed by atoms with Crippen molar-refractivity contribution >= 4 is 29.0 Å². The smallest absolute Gasteiger partial charge is 0.253 e. The molecule has 0 aliphatic carbocycles. The van der Waals surface area contributed by atoms with E-state index >= 15 is 0 Å². The SMILES string of the molecule is CSC(C)CNC(=O)c1ccc(N)cc1N. The summed E-state index contributed by atoms with van der Waals surface area (Å²) < 4.78 is 0. The predicted molar refractivity (Wildman–Crippen MR) is 70.6 cm³/mol. The van der Waals surface area contributed by atoms with Gasteiger partial charge in [0.25, 0.3) is 5.91 Å². The van der Waals surface area contributed by atoms with Gasteiger partial charge in [-0.05, 0) is 24.5 Å². The summed E-state index contributed by atoms with van der Waals surface area (Å²) in [7, 11) is 0. The maximum absolute atomic E-state index is 11.8. The first-order chi connectivity index (χ1) is 7.54. The summed E-state index contributed by atoms with van der Waals surface area (Å²) in [6.07, 6.45) is 2.01. The van der Waals surface area contributed by atoms with Crippen molar-refractivity contribution in [1.29, 1.82) is 0 Å². The standard InChI is InChI=1S/C11H17N3OS/c1-7(16-2)6-14-11(15)9-4-3-8(12)5-10(9)13/h3-5,7H,6,12-13H2,1-2H3,(H,14,15). The molecular weight excluding hydrogens is 222 g/mol. The summed E-state index contributed by atoms with van der Waals surface area (Å²) in [5.74, 6) is -0.154. The number of carbonyl (C=O) groups is 1. The number of amides is 1. The van der Waals surface area contributed by atoms with E-state index in [9.17, 15) is 4.79 Å². The Bertz CT molecular complexity index is 381. The highest BCUT2D eigenvalue weighted by Gasteiger charge is 2.10.